The van der Waals surface area contributed by atoms with Crippen LogP contribution in [0.3, 0.4) is 0 Å². The summed E-state index contributed by atoms with van der Waals surface area (Å²) in [6.07, 6.45) is 1.72. The Kier molecular flexibility index (Phi) is 4.41. The van der Waals surface area contributed by atoms with Crippen LogP contribution in [0, 0.1) is 6.92 Å². The van der Waals surface area contributed by atoms with Gasteiger partial charge in [0, 0.05) is 33.6 Å². The second kappa shape index (κ2) is 6.89. The minimum atomic E-state index is -0.0698. The molecular formula is C21H18N2O3S. The van der Waals surface area contributed by atoms with E-state index in [1.165, 1.54) is 0 Å². The van der Waals surface area contributed by atoms with Gasteiger partial charge in [0.15, 0.2) is 0 Å². The Balaban J connectivity index is 1.76. The fourth-order valence-corrected chi connectivity index (χ4v) is 4.20. The number of aromatic nitrogens is 1. The Morgan fingerprint density at radius 1 is 1.07 bits per heavy atom. The first-order valence-electron chi connectivity index (χ1n) is 8.46. The zero-order valence-electron chi connectivity index (χ0n) is 15.2. The number of methoxy groups -OCH3 is 1. The monoisotopic (exact) mass is 378 g/mol. The van der Waals surface area contributed by atoms with Crippen molar-refractivity contribution in [2.24, 2.45) is 0 Å². The van der Waals surface area contributed by atoms with Crippen molar-refractivity contribution in [2.45, 2.75) is 6.92 Å². The Bertz CT molecular complexity index is 1170. The van der Waals surface area contributed by atoms with Crippen LogP contribution in [-0.4, -0.2) is 25.0 Å². The van der Waals surface area contributed by atoms with Crippen molar-refractivity contribution in [1.29, 1.82) is 0 Å². The SMILES string of the molecule is CNC(=O)c1c(C)sc2cc(Oc3ccnc4ccc(OC)cc34)ccc12. The second-order valence-corrected chi connectivity index (χ2v) is 7.32. The number of fused-ring (bicyclic) bond motifs is 2. The zero-order valence-corrected chi connectivity index (χ0v) is 16.0. The smallest absolute Gasteiger partial charge is 0.252 e. The van der Waals surface area contributed by atoms with E-state index >= 15 is 0 Å². The third-order valence-corrected chi connectivity index (χ3v) is 5.50. The number of rotatable bonds is 4. The molecule has 0 aliphatic rings. The van der Waals surface area contributed by atoms with Crippen LogP contribution in [0.25, 0.3) is 21.0 Å². The normalized spacial score (nSPS) is 10.9. The minimum Gasteiger partial charge on any atom is -0.497 e. The average molecular weight is 378 g/mol. The molecule has 2 heterocycles. The number of nitrogens with zero attached hydrogens (tertiary/aromatic N) is 1. The molecule has 0 atom stereocenters. The largest absolute Gasteiger partial charge is 0.497 e. The molecule has 0 saturated carbocycles. The number of thiophene rings is 1. The molecule has 1 N–H and O–H groups in total. The van der Waals surface area contributed by atoms with Gasteiger partial charge in [-0.15, -0.1) is 11.3 Å². The Hall–Kier alpha value is -3.12. The molecule has 0 aliphatic heterocycles. The summed E-state index contributed by atoms with van der Waals surface area (Å²) in [4.78, 5) is 17.5. The van der Waals surface area contributed by atoms with E-state index in [1.54, 1.807) is 31.7 Å². The molecule has 0 aliphatic carbocycles. The van der Waals surface area contributed by atoms with Gasteiger partial charge in [0.1, 0.15) is 17.2 Å². The zero-order chi connectivity index (χ0) is 19.0. The number of carbonyl (C=O) groups excluding carboxylic acids is 1. The van der Waals surface area contributed by atoms with Gasteiger partial charge in [-0.05, 0) is 49.4 Å². The average Bonchev–Trinajstić information content (AvgIpc) is 3.02. The highest BCUT2D eigenvalue weighted by molar-refractivity contribution is 7.19. The highest BCUT2D eigenvalue weighted by Crippen LogP contribution is 2.36. The van der Waals surface area contributed by atoms with Gasteiger partial charge in [-0.2, -0.15) is 0 Å². The van der Waals surface area contributed by atoms with Crippen LogP contribution < -0.4 is 14.8 Å². The molecule has 1 amide bonds. The summed E-state index contributed by atoms with van der Waals surface area (Å²) in [6, 6.07) is 13.3. The van der Waals surface area contributed by atoms with Crippen LogP contribution in [0.5, 0.6) is 17.2 Å². The van der Waals surface area contributed by atoms with Crippen molar-refractivity contribution in [1.82, 2.24) is 10.3 Å². The second-order valence-electron chi connectivity index (χ2n) is 6.06. The van der Waals surface area contributed by atoms with Crippen molar-refractivity contribution < 1.29 is 14.3 Å². The number of amides is 1. The quantitative estimate of drug-likeness (QED) is 0.548. The maximum absolute atomic E-state index is 12.1. The van der Waals surface area contributed by atoms with E-state index in [0.717, 1.165) is 37.2 Å². The fraction of sp³-hybridized carbons (Fsp3) is 0.143. The molecule has 4 rings (SSSR count). The molecule has 2 aromatic heterocycles. The summed E-state index contributed by atoms with van der Waals surface area (Å²) >= 11 is 1.58. The van der Waals surface area contributed by atoms with Crippen LogP contribution in [0.1, 0.15) is 15.2 Å². The molecule has 4 aromatic rings. The van der Waals surface area contributed by atoms with Gasteiger partial charge >= 0.3 is 0 Å². The number of aryl methyl sites for hydroxylation is 1. The van der Waals surface area contributed by atoms with Crippen molar-refractivity contribution in [2.75, 3.05) is 14.2 Å². The summed E-state index contributed by atoms with van der Waals surface area (Å²) in [5.41, 5.74) is 1.56. The molecule has 27 heavy (non-hydrogen) atoms. The summed E-state index contributed by atoms with van der Waals surface area (Å²) in [5.74, 6) is 2.10. The predicted octanol–water partition coefficient (Wildman–Crippen LogP) is 4.92. The van der Waals surface area contributed by atoms with E-state index in [0.29, 0.717) is 11.5 Å². The lowest BCUT2D eigenvalue weighted by Gasteiger charge is -2.10. The molecule has 2 aromatic carbocycles. The van der Waals surface area contributed by atoms with Gasteiger partial charge in [0.05, 0.1) is 18.2 Å². The lowest BCUT2D eigenvalue weighted by molar-refractivity contribution is 0.0964. The number of hydrogen-bond acceptors (Lipinski definition) is 5. The summed E-state index contributed by atoms with van der Waals surface area (Å²) < 4.78 is 12.5. The molecule has 0 unspecified atom stereocenters. The third-order valence-electron chi connectivity index (χ3n) is 4.43. The van der Waals surface area contributed by atoms with Gasteiger partial charge in [-0.1, -0.05) is 0 Å². The van der Waals surface area contributed by atoms with Crippen molar-refractivity contribution in [3.05, 3.63) is 59.1 Å². The van der Waals surface area contributed by atoms with E-state index < -0.39 is 0 Å². The summed E-state index contributed by atoms with van der Waals surface area (Å²) in [5, 5.41) is 4.52. The van der Waals surface area contributed by atoms with Gasteiger partial charge in [0.25, 0.3) is 5.91 Å². The molecule has 5 nitrogen and oxygen atoms in total. The highest BCUT2D eigenvalue weighted by Gasteiger charge is 2.16. The lowest BCUT2D eigenvalue weighted by atomic mass is 10.1. The number of pyridine rings is 1. The number of ether oxygens (including phenoxy) is 2. The predicted molar refractivity (Wildman–Crippen MR) is 108 cm³/mol. The number of benzene rings is 2. The van der Waals surface area contributed by atoms with Gasteiger partial charge in [-0.3, -0.25) is 9.78 Å². The molecule has 0 spiro atoms. The van der Waals surface area contributed by atoms with Crippen molar-refractivity contribution in [3.8, 4) is 17.2 Å². The number of nitrogens with one attached hydrogen (secondary N) is 1. The Morgan fingerprint density at radius 3 is 2.67 bits per heavy atom. The Morgan fingerprint density at radius 2 is 1.89 bits per heavy atom. The van der Waals surface area contributed by atoms with E-state index in [9.17, 15) is 4.79 Å². The van der Waals surface area contributed by atoms with Gasteiger partial charge in [-0.25, -0.2) is 0 Å². The fourth-order valence-electron chi connectivity index (χ4n) is 3.11. The van der Waals surface area contributed by atoms with Crippen LogP contribution >= 0.6 is 11.3 Å². The molecule has 136 valence electrons. The summed E-state index contributed by atoms with van der Waals surface area (Å²) in [6.45, 7) is 1.96. The molecule has 6 heteroatoms. The molecular weight excluding hydrogens is 360 g/mol. The number of hydrogen-bond donors (Lipinski definition) is 1. The van der Waals surface area contributed by atoms with Crippen molar-refractivity contribution in [3.63, 3.8) is 0 Å². The first kappa shape index (κ1) is 17.3. The highest BCUT2D eigenvalue weighted by atomic mass is 32.1. The first-order valence-corrected chi connectivity index (χ1v) is 9.28. The van der Waals surface area contributed by atoms with E-state index in [2.05, 4.69) is 10.3 Å². The lowest BCUT2D eigenvalue weighted by Crippen LogP contribution is -2.18. The number of carbonyl (C=O) groups is 1. The first-order chi connectivity index (χ1) is 13.1. The Labute approximate surface area is 160 Å². The van der Waals surface area contributed by atoms with Crippen molar-refractivity contribution >= 4 is 38.2 Å². The van der Waals surface area contributed by atoms with Crippen LogP contribution in [0.2, 0.25) is 0 Å². The third kappa shape index (κ3) is 3.08. The van der Waals surface area contributed by atoms with E-state index in [-0.39, 0.29) is 5.91 Å². The molecule has 0 fully saturated rings. The standard InChI is InChI=1S/C21H18N2O3S/c1-12-20(21(24)22-2)15-6-4-14(11-19(15)27-12)26-18-8-9-23-17-7-5-13(25-3)10-16(17)18/h4-11H,1-3H3,(H,22,24). The minimum absolute atomic E-state index is 0.0698. The van der Waals surface area contributed by atoms with Crippen LogP contribution in [0.4, 0.5) is 0 Å². The summed E-state index contributed by atoms with van der Waals surface area (Å²) in [7, 11) is 3.28. The van der Waals surface area contributed by atoms with E-state index in [1.807, 2.05) is 49.4 Å². The van der Waals surface area contributed by atoms with Crippen LogP contribution in [-0.2, 0) is 0 Å². The maximum Gasteiger partial charge on any atom is 0.252 e. The molecule has 0 saturated heterocycles. The van der Waals surface area contributed by atoms with Gasteiger partial charge < -0.3 is 14.8 Å². The van der Waals surface area contributed by atoms with Crippen LogP contribution in [0.15, 0.2) is 48.7 Å². The maximum atomic E-state index is 12.1. The molecule has 0 bridgehead atoms. The molecule has 0 radical (unpaired) electrons. The van der Waals surface area contributed by atoms with E-state index in [4.69, 9.17) is 9.47 Å². The topological polar surface area (TPSA) is 60.5 Å². The van der Waals surface area contributed by atoms with Gasteiger partial charge in [0.2, 0.25) is 0 Å².